The summed E-state index contributed by atoms with van der Waals surface area (Å²) in [5.74, 6) is 0. The average molecular weight is 252 g/mol. The summed E-state index contributed by atoms with van der Waals surface area (Å²) in [4.78, 5) is 14.1. The molecule has 1 aromatic rings. The van der Waals surface area contributed by atoms with E-state index in [4.69, 9.17) is 0 Å². The normalized spacial score (nSPS) is 11.2. The Labute approximate surface area is 109 Å². The molecule has 0 saturated heterocycles. The Hall–Kier alpha value is -1.36. The van der Waals surface area contributed by atoms with Crippen LogP contribution in [0.15, 0.2) is 17.1 Å². The molecule has 1 heterocycles. The first-order valence-electron chi connectivity index (χ1n) is 6.62. The molecular weight excluding hydrogens is 228 g/mol. The Morgan fingerprint density at radius 3 is 2.56 bits per heavy atom. The number of nitrogens with one attached hydrogen (secondary N) is 1. The molecule has 0 amide bonds. The molecule has 1 rings (SSSR count). The smallest absolute Gasteiger partial charge is 0.268 e. The van der Waals surface area contributed by atoms with Gasteiger partial charge in [-0.1, -0.05) is 13.8 Å². The van der Waals surface area contributed by atoms with Crippen molar-refractivity contribution in [3.05, 3.63) is 22.6 Å². The second-order valence-corrected chi connectivity index (χ2v) is 4.63. The summed E-state index contributed by atoms with van der Waals surface area (Å²) < 4.78 is 1.52. The Bertz CT molecular complexity index is 410. The first-order chi connectivity index (χ1) is 8.56. The molecular formula is C13H24N4O. The minimum Gasteiger partial charge on any atom is -0.381 e. The molecule has 0 atom stereocenters. The van der Waals surface area contributed by atoms with Crippen LogP contribution in [0.1, 0.15) is 27.7 Å². The van der Waals surface area contributed by atoms with Gasteiger partial charge < -0.3 is 10.2 Å². The number of aromatic nitrogens is 2. The van der Waals surface area contributed by atoms with Crippen molar-refractivity contribution in [2.45, 2.75) is 40.3 Å². The van der Waals surface area contributed by atoms with Crippen molar-refractivity contribution in [1.82, 2.24) is 14.7 Å². The minimum atomic E-state index is -0.0483. The average Bonchev–Trinajstić information content (AvgIpc) is 2.32. The zero-order valence-corrected chi connectivity index (χ0v) is 11.8. The van der Waals surface area contributed by atoms with E-state index in [1.165, 1.54) is 4.68 Å². The van der Waals surface area contributed by atoms with Crippen molar-refractivity contribution in [2.24, 2.45) is 0 Å². The number of rotatable bonds is 7. The molecule has 1 N–H and O–H groups in total. The summed E-state index contributed by atoms with van der Waals surface area (Å²) in [5, 5.41) is 7.36. The van der Waals surface area contributed by atoms with E-state index in [2.05, 4.69) is 29.2 Å². The van der Waals surface area contributed by atoms with Gasteiger partial charge >= 0.3 is 0 Å². The van der Waals surface area contributed by atoms with E-state index >= 15 is 0 Å². The van der Waals surface area contributed by atoms with Crippen LogP contribution in [0.25, 0.3) is 0 Å². The maximum atomic E-state index is 11.9. The highest BCUT2D eigenvalue weighted by atomic mass is 16.1. The Morgan fingerprint density at radius 1 is 1.39 bits per heavy atom. The molecule has 0 unspecified atom stereocenters. The molecule has 0 fully saturated rings. The van der Waals surface area contributed by atoms with Crippen molar-refractivity contribution in [3.8, 4) is 0 Å². The second kappa shape index (κ2) is 7.16. The number of nitrogens with zero attached hydrogens (tertiary/aromatic N) is 3. The van der Waals surface area contributed by atoms with E-state index < -0.39 is 0 Å². The van der Waals surface area contributed by atoms with E-state index in [1.54, 1.807) is 12.3 Å². The Kier molecular flexibility index (Phi) is 5.85. The highest BCUT2D eigenvalue weighted by Crippen LogP contribution is 2.01. The monoisotopic (exact) mass is 252 g/mol. The zero-order valence-electron chi connectivity index (χ0n) is 11.8. The largest absolute Gasteiger partial charge is 0.381 e. The highest BCUT2D eigenvalue weighted by Gasteiger charge is 2.03. The molecule has 0 aliphatic rings. The van der Waals surface area contributed by atoms with E-state index in [0.717, 1.165) is 25.3 Å². The molecule has 0 aromatic carbocycles. The third-order valence-electron chi connectivity index (χ3n) is 2.85. The zero-order chi connectivity index (χ0) is 13.5. The lowest BCUT2D eigenvalue weighted by Crippen LogP contribution is -2.32. The molecule has 18 heavy (non-hydrogen) atoms. The van der Waals surface area contributed by atoms with Crippen molar-refractivity contribution >= 4 is 5.69 Å². The lowest BCUT2D eigenvalue weighted by Gasteiger charge is -2.18. The van der Waals surface area contributed by atoms with Crippen LogP contribution in [0, 0.1) is 0 Å². The van der Waals surface area contributed by atoms with Crippen LogP contribution in [0.5, 0.6) is 0 Å². The quantitative estimate of drug-likeness (QED) is 0.797. The van der Waals surface area contributed by atoms with E-state index in [0.29, 0.717) is 12.6 Å². The summed E-state index contributed by atoms with van der Waals surface area (Å²) in [6, 6.07) is 1.91. The van der Waals surface area contributed by atoms with Gasteiger partial charge in [-0.05, 0) is 26.9 Å². The van der Waals surface area contributed by atoms with Crippen LogP contribution in [0.4, 0.5) is 5.69 Å². The summed E-state index contributed by atoms with van der Waals surface area (Å²) in [6.45, 7) is 11.8. The fourth-order valence-electron chi connectivity index (χ4n) is 1.79. The molecule has 102 valence electrons. The Balaban J connectivity index is 2.65. The van der Waals surface area contributed by atoms with E-state index in [1.807, 2.05) is 13.8 Å². The van der Waals surface area contributed by atoms with Gasteiger partial charge in [-0.2, -0.15) is 5.10 Å². The first kappa shape index (κ1) is 14.7. The maximum absolute atomic E-state index is 11.9. The predicted octanol–water partition coefficient (Wildman–Crippen LogP) is 1.41. The lowest BCUT2D eigenvalue weighted by molar-refractivity contribution is 0.282. The van der Waals surface area contributed by atoms with Crippen molar-refractivity contribution < 1.29 is 0 Å². The van der Waals surface area contributed by atoms with E-state index in [-0.39, 0.29) is 5.56 Å². The molecule has 0 aliphatic carbocycles. The van der Waals surface area contributed by atoms with Crippen molar-refractivity contribution in [1.29, 1.82) is 0 Å². The van der Waals surface area contributed by atoms with Gasteiger partial charge in [0.25, 0.3) is 5.56 Å². The third kappa shape index (κ3) is 4.49. The molecule has 5 heteroatoms. The van der Waals surface area contributed by atoms with Crippen molar-refractivity contribution in [3.63, 3.8) is 0 Å². The van der Waals surface area contributed by atoms with Gasteiger partial charge in [0, 0.05) is 18.7 Å². The summed E-state index contributed by atoms with van der Waals surface area (Å²) in [7, 11) is 0. The number of hydrogen-bond donors (Lipinski definition) is 1. The molecule has 1 aromatic heterocycles. The molecule has 5 nitrogen and oxygen atoms in total. The van der Waals surface area contributed by atoms with Gasteiger partial charge in [0.2, 0.25) is 0 Å². The standard InChI is InChI=1S/C13H24N4O/c1-5-16(6-2)7-8-17-13(18)9-12(10-14-17)15-11(3)4/h9-11,15H,5-8H2,1-4H3. The lowest BCUT2D eigenvalue weighted by atomic mass is 10.3. The van der Waals surface area contributed by atoms with Crippen LogP contribution in [-0.4, -0.2) is 40.4 Å². The number of hydrogen-bond acceptors (Lipinski definition) is 4. The van der Waals surface area contributed by atoms with Crippen LogP contribution in [-0.2, 0) is 6.54 Å². The molecule has 0 saturated carbocycles. The van der Waals surface area contributed by atoms with Crippen LogP contribution in [0.3, 0.4) is 0 Å². The SMILES string of the molecule is CCN(CC)CCn1ncc(NC(C)C)cc1=O. The van der Waals surface area contributed by atoms with Gasteiger partial charge in [0.15, 0.2) is 0 Å². The van der Waals surface area contributed by atoms with Crippen LogP contribution >= 0.6 is 0 Å². The number of anilines is 1. The topological polar surface area (TPSA) is 50.2 Å². The van der Waals surface area contributed by atoms with Crippen LogP contribution < -0.4 is 10.9 Å². The fraction of sp³-hybridized carbons (Fsp3) is 0.692. The first-order valence-corrected chi connectivity index (χ1v) is 6.62. The highest BCUT2D eigenvalue weighted by molar-refractivity contribution is 5.39. The molecule has 0 radical (unpaired) electrons. The predicted molar refractivity (Wildman–Crippen MR) is 75.0 cm³/mol. The molecule has 0 bridgehead atoms. The molecule has 0 spiro atoms. The van der Waals surface area contributed by atoms with Gasteiger partial charge in [0.05, 0.1) is 18.4 Å². The van der Waals surface area contributed by atoms with Gasteiger partial charge in [-0.25, -0.2) is 4.68 Å². The van der Waals surface area contributed by atoms with Crippen molar-refractivity contribution in [2.75, 3.05) is 25.0 Å². The number of likely N-dealkylation sites (N-methyl/N-ethyl adjacent to an activating group) is 1. The van der Waals surface area contributed by atoms with Crippen LogP contribution in [0.2, 0.25) is 0 Å². The summed E-state index contributed by atoms with van der Waals surface area (Å²) in [6.07, 6.45) is 1.71. The third-order valence-corrected chi connectivity index (χ3v) is 2.85. The van der Waals surface area contributed by atoms with Gasteiger partial charge in [0.1, 0.15) is 0 Å². The molecule has 0 aliphatic heterocycles. The van der Waals surface area contributed by atoms with Gasteiger partial charge in [-0.3, -0.25) is 4.79 Å². The second-order valence-electron chi connectivity index (χ2n) is 4.63. The maximum Gasteiger partial charge on any atom is 0.268 e. The summed E-state index contributed by atoms with van der Waals surface area (Å²) in [5.41, 5.74) is 0.738. The minimum absolute atomic E-state index is 0.0483. The van der Waals surface area contributed by atoms with E-state index in [9.17, 15) is 4.79 Å². The summed E-state index contributed by atoms with van der Waals surface area (Å²) >= 11 is 0. The fourth-order valence-corrected chi connectivity index (χ4v) is 1.79. The van der Waals surface area contributed by atoms with Gasteiger partial charge in [-0.15, -0.1) is 0 Å². The Morgan fingerprint density at radius 2 is 2.06 bits per heavy atom.